The highest BCUT2D eigenvalue weighted by Crippen LogP contribution is 2.37. The normalized spacial score (nSPS) is 14.7. The average molecular weight is 457 g/mol. The van der Waals surface area contributed by atoms with Crippen LogP contribution in [0.1, 0.15) is 11.1 Å². The number of carbonyl (C=O) groups excluding carboxylic acids is 2. The standard InChI is InChI=1S/C25H19N3O6/c1-26(18-5-3-2-4-6-18)23-22(17-8-10-19(11-9-17)28(31)32)24(29)27(25(23)30)14-16-7-12-20-21(13-16)34-15-33-20/h2-13H,14-15H2,1H3. The number of likely N-dealkylation sites (N-methyl/N-ethyl adjacent to an activating group) is 1. The van der Waals surface area contributed by atoms with Crippen molar-refractivity contribution in [1.82, 2.24) is 4.90 Å². The van der Waals surface area contributed by atoms with Crippen LogP contribution in [0.15, 0.2) is 78.5 Å². The highest BCUT2D eigenvalue weighted by molar-refractivity contribution is 6.36. The minimum absolute atomic E-state index is 0.0386. The van der Waals surface area contributed by atoms with Crippen LogP contribution in [0.5, 0.6) is 11.5 Å². The van der Waals surface area contributed by atoms with Crippen LogP contribution in [0.3, 0.4) is 0 Å². The number of imide groups is 1. The number of nitrogens with zero attached hydrogens (tertiary/aromatic N) is 3. The van der Waals surface area contributed by atoms with Crippen LogP contribution in [0.2, 0.25) is 0 Å². The Labute approximate surface area is 194 Å². The van der Waals surface area contributed by atoms with E-state index in [0.29, 0.717) is 22.6 Å². The van der Waals surface area contributed by atoms with E-state index < -0.39 is 16.7 Å². The summed E-state index contributed by atoms with van der Waals surface area (Å²) in [6, 6.07) is 20.1. The molecule has 2 heterocycles. The van der Waals surface area contributed by atoms with E-state index in [4.69, 9.17) is 9.47 Å². The molecule has 2 amide bonds. The molecule has 0 spiro atoms. The minimum atomic E-state index is -0.511. The maximum absolute atomic E-state index is 13.6. The Balaban J connectivity index is 1.55. The number of benzene rings is 3. The lowest BCUT2D eigenvalue weighted by molar-refractivity contribution is -0.384. The summed E-state index contributed by atoms with van der Waals surface area (Å²) < 4.78 is 10.7. The summed E-state index contributed by atoms with van der Waals surface area (Å²) in [4.78, 5) is 40.5. The lowest BCUT2D eigenvalue weighted by Crippen LogP contribution is -2.33. The monoisotopic (exact) mass is 457 g/mol. The number of nitro groups is 1. The number of para-hydroxylation sites is 1. The van der Waals surface area contributed by atoms with Gasteiger partial charge in [0, 0.05) is 24.9 Å². The summed E-state index contributed by atoms with van der Waals surface area (Å²) in [5.74, 6) is 0.232. The molecule has 0 aliphatic carbocycles. The molecule has 9 heteroatoms. The second-order valence-electron chi connectivity index (χ2n) is 7.81. The Kier molecular flexibility index (Phi) is 5.21. The summed E-state index contributed by atoms with van der Waals surface area (Å²) in [5.41, 5.74) is 2.14. The molecule has 3 aromatic carbocycles. The number of hydrogen-bond acceptors (Lipinski definition) is 7. The van der Waals surface area contributed by atoms with Gasteiger partial charge in [-0.3, -0.25) is 24.6 Å². The molecule has 0 atom stereocenters. The number of fused-ring (bicyclic) bond motifs is 1. The smallest absolute Gasteiger partial charge is 0.278 e. The van der Waals surface area contributed by atoms with Crippen molar-refractivity contribution < 1.29 is 24.0 Å². The van der Waals surface area contributed by atoms with Crippen LogP contribution in [-0.4, -0.2) is 35.5 Å². The van der Waals surface area contributed by atoms with Crippen molar-refractivity contribution in [2.24, 2.45) is 0 Å². The Morgan fingerprint density at radius 2 is 1.65 bits per heavy atom. The highest BCUT2D eigenvalue weighted by Gasteiger charge is 2.41. The van der Waals surface area contributed by atoms with E-state index in [2.05, 4.69) is 0 Å². The van der Waals surface area contributed by atoms with Crippen molar-refractivity contribution in [2.75, 3.05) is 18.7 Å². The maximum atomic E-state index is 13.6. The van der Waals surface area contributed by atoms with Gasteiger partial charge in [0.15, 0.2) is 11.5 Å². The number of nitro benzene ring substituents is 1. The van der Waals surface area contributed by atoms with Crippen molar-refractivity contribution in [1.29, 1.82) is 0 Å². The second kappa shape index (κ2) is 8.36. The molecule has 0 aromatic heterocycles. The van der Waals surface area contributed by atoms with E-state index in [1.165, 1.54) is 29.2 Å². The SMILES string of the molecule is CN(C1=C(c2ccc([N+](=O)[O-])cc2)C(=O)N(Cc2ccc3c(c2)OCO3)C1=O)c1ccccc1. The molecule has 5 rings (SSSR count). The van der Waals surface area contributed by atoms with Crippen molar-refractivity contribution in [3.05, 3.63) is 99.7 Å². The van der Waals surface area contributed by atoms with Crippen LogP contribution in [0.4, 0.5) is 11.4 Å². The van der Waals surface area contributed by atoms with Gasteiger partial charge in [-0.1, -0.05) is 24.3 Å². The zero-order valence-corrected chi connectivity index (χ0v) is 18.1. The van der Waals surface area contributed by atoms with Gasteiger partial charge in [-0.2, -0.15) is 0 Å². The summed E-state index contributed by atoms with van der Waals surface area (Å²) in [5, 5.41) is 11.1. The van der Waals surface area contributed by atoms with Gasteiger partial charge >= 0.3 is 0 Å². The number of rotatable bonds is 6. The fraction of sp³-hybridized carbons (Fsp3) is 0.120. The lowest BCUT2D eigenvalue weighted by Gasteiger charge is -2.21. The van der Waals surface area contributed by atoms with Gasteiger partial charge < -0.3 is 14.4 Å². The minimum Gasteiger partial charge on any atom is -0.454 e. The predicted molar refractivity (Wildman–Crippen MR) is 123 cm³/mol. The quantitative estimate of drug-likeness (QED) is 0.316. The number of non-ortho nitro benzene ring substituents is 1. The number of ether oxygens (including phenoxy) is 2. The van der Waals surface area contributed by atoms with Crippen molar-refractivity contribution in [2.45, 2.75) is 6.54 Å². The maximum Gasteiger partial charge on any atom is 0.278 e. The molecule has 170 valence electrons. The van der Waals surface area contributed by atoms with Gasteiger partial charge in [-0.25, -0.2) is 0 Å². The van der Waals surface area contributed by atoms with Gasteiger partial charge in [0.25, 0.3) is 17.5 Å². The van der Waals surface area contributed by atoms with E-state index in [-0.39, 0.29) is 30.3 Å². The van der Waals surface area contributed by atoms with Gasteiger partial charge in [0.1, 0.15) is 5.70 Å². The first-order valence-electron chi connectivity index (χ1n) is 10.5. The molecule has 0 unspecified atom stereocenters. The fourth-order valence-electron chi connectivity index (χ4n) is 4.03. The van der Waals surface area contributed by atoms with E-state index >= 15 is 0 Å². The molecule has 0 bridgehead atoms. The summed E-state index contributed by atoms with van der Waals surface area (Å²) >= 11 is 0. The lowest BCUT2D eigenvalue weighted by atomic mass is 10.0. The van der Waals surface area contributed by atoms with E-state index in [9.17, 15) is 19.7 Å². The third-order valence-corrected chi connectivity index (χ3v) is 5.77. The number of amides is 2. The Morgan fingerprint density at radius 3 is 2.35 bits per heavy atom. The highest BCUT2D eigenvalue weighted by atomic mass is 16.7. The molecule has 9 nitrogen and oxygen atoms in total. The van der Waals surface area contributed by atoms with Crippen LogP contribution in [-0.2, 0) is 16.1 Å². The first-order valence-corrected chi connectivity index (χ1v) is 10.5. The Hall–Kier alpha value is -4.66. The van der Waals surface area contributed by atoms with Crippen molar-refractivity contribution in [3.63, 3.8) is 0 Å². The van der Waals surface area contributed by atoms with E-state index in [1.807, 2.05) is 30.3 Å². The van der Waals surface area contributed by atoms with Crippen molar-refractivity contribution in [3.8, 4) is 11.5 Å². The number of carbonyl (C=O) groups is 2. The Morgan fingerprint density at radius 1 is 0.941 bits per heavy atom. The van der Waals surface area contributed by atoms with Gasteiger partial charge in [-0.15, -0.1) is 0 Å². The van der Waals surface area contributed by atoms with Crippen LogP contribution < -0.4 is 14.4 Å². The van der Waals surface area contributed by atoms with Crippen LogP contribution >= 0.6 is 0 Å². The molecule has 2 aliphatic heterocycles. The molecule has 0 N–H and O–H groups in total. The molecule has 0 radical (unpaired) electrons. The molecule has 0 saturated carbocycles. The molecule has 2 aliphatic rings. The molecular formula is C25H19N3O6. The topological polar surface area (TPSA) is 102 Å². The molecular weight excluding hydrogens is 438 g/mol. The zero-order chi connectivity index (χ0) is 23.8. The van der Waals surface area contributed by atoms with E-state index in [0.717, 1.165) is 5.69 Å². The molecule has 0 saturated heterocycles. The fourth-order valence-corrected chi connectivity index (χ4v) is 4.03. The first-order chi connectivity index (χ1) is 16.4. The van der Waals surface area contributed by atoms with Gasteiger partial charge in [0.2, 0.25) is 6.79 Å². The second-order valence-corrected chi connectivity index (χ2v) is 7.81. The molecule has 34 heavy (non-hydrogen) atoms. The number of hydrogen-bond donors (Lipinski definition) is 0. The largest absolute Gasteiger partial charge is 0.454 e. The van der Waals surface area contributed by atoms with Gasteiger partial charge in [0.05, 0.1) is 17.0 Å². The van der Waals surface area contributed by atoms with Crippen LogP contribution in [0, 0.1) is 10.1 Å². The first kappa shape index (κ1) is 21.2. The predicted octanol–water partition coefficient (Wildman–Crippen LogP) is 3.74. The summed E-state index contributed by atoms with van der Waals surface area (Å²) in [7, 11) is 1.71. The average Bonchev–Trinajstić information content (AvgIpc) is 3.42. The summed E-state index contributed by atoms with van der Waals surface area (Å²) in [6.07, 6.45) is 0. The van der Waals surface area contributed by atoms with Crippen LogP contribution in [0.25, 0.3) is 5.57 Å². The Bertz CT molecular complexity index is 1330. The van der Waals surface area contributed by atoms with Gasteiger partial charge in [-0.05, 0) is 47.5 Å². The van der Waals surface area contributed by atoms with E-state index in [1.54, 1.807) is 30.1 Å². The zero-order valence-electron chi connectivity index (χ0n) is 18.1. The molecule has 3 aromatic rings. The summed E-state index contributed by atoms with van der Waals surface area (Å²) in [6.45, 7) is 0.162. The number of anilines is 1. The van der Waals surface area contributed by atoms with Crippen molar-refractivity contribution >= 4 is 28.8 Å². The third kappa shape index (κ3) is 3.62. The third-order valence-electron chi connectivity index (χ3n) is 5.77. The molecule has 0 fully saturated rings.